The molecule has 114 valence electrons. The third-order valence-corrected chi connectivity index (χ3v) is 2.85. The molecule has 0 atom stereocenters. The molecule has 6 N–H and O–H groups in total. The van der Waals surface area contributed by atoms with Gasteiger partial charge in [0.15, 0.2) is 0 Å². The van der Waals surface area contributed by atoms with Gasteiger partial charge < -0.3 is 21.9 Å². The van der Waals surface area contributed by atoms with Crippen molar-refractivity contribution in [3.63, 3.8) is 0 Å². The molecule has 3 amide bonds. The molecule has 0 aliphatic heterocycles. The van der Waals surface area contributed by atoms with Crippen molar-refractivity contribution in [3.8, 4) is 0 Å². The molecule has 8 heteroatoms. The van der Waals surface area contributed by atoms with Gasteiger partial charge >= 0.3 is 5.97 Å². The van der Waals surface area contributed by atoms with Gasteiger partial charge in [-0.3, -0.25) is 19.2 Å². The first-order valence-electron chi connectivity index (χ1n) is 6.24. The van der Waals surface area contributed by atoms with E-state index in [0.717, 1.165) is 0 Å². The third-order valence-electron chi connectivity index (χ3n) is 2.85. The first kappa shape index (κ1) is 17.9. The van der Waals surface area contributed by atoms with Gasteiger partial charge in [0, 0.05) is 24.8 Å². The van der Waals surface area contributed by atoms with Gasteiger partial charge in [0.1, 0.15) is 0 Å². The highest BCUT2D eigenvalue weighted by Crippen LogP contribution is 2.19. The lowest BCUT2D eigenvalue weighted by Crippen LogP contribution is -2.47. The van der Waals surface area contributed by atoms with Gasteiger partial charge in [-0.1, -0.05) is 0 Å². The summed E-state index contributed by atoms with van der Waals surface area (Å²) in [6.45, 7) is 1.66. The summed E-state index contributed by atoms with van der Waals surface area (Å²) < 4.78 is 0. The first-order valence-corrected chi connectivity index (χ1v) is 6.24. The highest BCUT2D eigenvalue weighted by atomic mass is 16.4. The predicted octanol–water partition coefficient (Wildman–Crippen LogP) is -0.743. The highest BCUT2D eigenvalue weighted by Gasteiger charge is 2.27. The van der Waals surface area contributed by atoms with Crippen molar-refractivity contribution in [3.05, 3.63) is 0 Å². The molecule has 0 fully saturated rings. The summed E-state index contributed by atoms with van der Waals surface area (Å²) in [6.07, 6.45) is 0.164. The van der Waals surface area contributed by atoms with Crippen molar-refractivity contribution in [1.82, 2.24) is 5.32 Å². The fourth-order valence-electron chi connectivity index (χ4n) is 1.67. The van der Waals surface area contributed by atoms with Crippen LogP contribution in [0.2, 0.25) is 0 Å². The van der Waals surface area contributed by atoms with Gasteiger partial charge in [-0.25, -0.2) is 0 Å². The summed E-state index contributed by atoms with van der Waals surface area (Å²) >= 11 is 0. The number of carbonyl (C=O) groups is 4. The Labute approximate surface area is 116 Å². The van der Waals surface area contributed by atoms with Crippen molar-refractivity contribution < 1.29 is 24.3 Å². The second-order valence-corrected chi connectivity index (χ2v) is 4.94. The van der Waals surface area contributed by atoms with Crippen LogP contribution in [0.4, 0.5) is 0 Å². The van der Waals surface area contributed by atoms with Crippen molar-refractivity contribution in [1.29, 1.82) is 0 Å². The Bertz CT molecular complexity index is 377. The van der Waals surface area contributed by atoms with Crippen LogP contribution in [0.5, 0.6) is 0 Å². The number of nitrogens with one attached hydrogen (secondary N) is 1. The number of hydrogen-bond acceptors (Lipinski definition) is 4. The van der Waals surface area contributed by atoms with E-state index in [1.54, 1.807) is 6.92 Å². The zero-order chi connectivity index (χ0) is 15.8. The van der Waals surface area contributed by atoms with Crippen LogP contribution >= 0.6 is 0 Å². The molecule has 0 aromatic rings. The maximum atomic E-state index is 11.6. The number of nitrogens with two attached hydrogens (primary N) is 2. The Hall–Kier alpha value is -2.12. The van der Waals surface area contributed by atoms with Crippen LogP contribution in [0.15, 0.2) is 0 Å². The van der Waals surface area contributed by atoms with Crippen LogP contribution in [0.1, 0.15) is 45.4 Å². The maximum Gasteiger partial charge on any atom is 0.303 e. The van der Waals surface area contributed by atoms with E-state index in [9.17, 15) is 19.2 Å². The molecule has 0 aliphatic carbocycles. The first-order chi connectivity index (χ1) is 9.14. The number of rotatable bonds is 10. The van der Waals surface area contributed by atoms with Crippen LogP contribution < -0.4 is 16.8 Å². The zero-order valence-corrected chi connectivity index (χ0v) is 11.5. The van der Waals surface area contributed by atoms with Crippen LogP contribution in [-0.4, -0.2) is 34.3 Å². The molecule has 0 bridgehead atoms. The summed E-state index contributed by atoms with van der Waals surface area (Å²) in [5.41, 5.74) is 9.31. The Kier molecular flexibility index (Phi) is 7.27. The molecule has 20 heavy (non-hydrogen) atoms. The highest BCUT2D eigenvalue weighted by molar-refractivity contribution is 5.81. The Balaban J connectivity index is 4.56. The smallest absolute Gasteiger partial charge is 0.303 e. The standard InChI is InChI=1S/C12H21N3O5/c1-12(6-4-8(13)16,7-5-9(14)17)15-10(18)2-3-11(19)20/h2-7H2,1H3,(H2,13,16)(H2,14,17)(H,15,18)(H,19,20). The minimum atomic E-state index is -1.07. The lowest BCUT2D eigenvalue weighted by molar-refractivity contribution is -0.139. The molecule has 0 saturated carbocycles. The molecular formula is C12H21N3O5. The Morgan fingerprint density at radius 2 is 1.40 bits per heavy atom. The molecule has 0 saturated heterocycles. The largest absolute Gasteiger partial charge is 0.481 e. The van der Waals surface area contributed by atoms with Gasteiger partial charge in [-0.2, -0.15) is 0 Å². The summed E-state index contributed by atoms with van der Waals surface area (Å²) in [5, 5.41) is 11.2. The van der Waals surface area contributed by atoms with E-state index >= 15 is 0 Å². The number of carboxylic acid groups (broad SMARTS) is 1. The lowest BCUT2D eigenvalue weighted by atomic mass is 9.89. The summed E-state index contributed by atoms with van der Waals surface area (Å²) in [4.78, 5) is 43.7. The minimum absolute atomic E-state index is 0.0501. The van der Waals surface area contributed by atoms with E-state index in [1.807, 2.05) is 0 Å². The fourth-order valence-corrected chi connectivity index (χ4v) is 1.67. The summed E-state index contributed by atoms with van der Waals surface area (Å²) in [6, 6.07) is 0. The van der Waals surface area contributed by atoms with Crippen molar-refractivity contribution in [2.75, 3.05) is 0 Å². The number of carboxylic acids is 1. The van der Waals surface area contributed by atoms with Crippen molar-refractivity contribution in [2.45, 2.75) is 51.0 Å². The number of primary amides is 2. The number of amides is 3. The molecule has 0 heterocycles. The predicted molar refractivity (Wildman–Crippen MR) is 70.3 cm³/mol. The topological polar surface area (TPSA) is 153 Å². The molecule has 0 spiro atoms. The SMILES string of the molecule is CC(CCC(N)=O)(CCC(N)=O)NC(=O)CCC(=O)O. The minimum Gasteiger partial charge on any atom is -0.481 e. The summed E-state index contributed by atoms with van der Waals surface area (Å²) in [7, 11) is 0. The van der Waals surface area contributed by atoms with Crippen LogP contribution in [0, 0.1) is 0 Å². The van der Waals surface area contributed by atoms with Gasteiger partial charge in [-0.05, 0) is 19.8 Å². The summed E-state index contributed by atoms with van der Waals surface area (Å²) in [5.74, 6) is -2.56. The molecular weight excluding hydrogens is 266 g/mol. The van der Waals surface area contributed by atoms with Crippen LogP contribution in [0.3, 0.4) is 0 Å². The molecule has 0 aliphatic rings. The Morgan fingerprint density at radius 1 is 0.950 bits per heavy atom. The Morgan fingerprint density at radius 3 is 1.75 bits per heavy atom. The van der Waals surface area contributed by atoms with Gasteiger partial charge in [-0.15, -0.1) is 0 Å². The van der Waals surface area contributed by atoms with Crippen LogP contribution in [0.25, 0.3) is 0 Å². The molecule has 0 aromatic heterocycles. The van der Waals surface area contributed by atoms with Crippen molar-refractivity contribution in [2.24, 2.45) is 11.5 Å². The second-order valence-electron chi connectivity index (χ2n) is 4.94. The van der Waals surface area contributed by atoms with Gasteiger partial charge in [0.2, 0.25) is 17.7 Å². The molecule has 0 unspecified atom stereocenters. The lowest BCUT2D eigenvalue weighted by Gasteiger charge is -2.30. The zero-order valence-electron chi connectivity index (χ0n) is 11.5. The normalized spacial score (nSPS) is 10.8. The quantitative estimate of drug-likeness (QED) is 0.416. The third kappa shape index (κ3) is 8.90. The second kappa shape index (κ2) is 8.13. The van der Waals surface area contributed by atoms with Gasteiger partial charge in [0.25, 0.3) is 0 Å². The average molecular weight is 287 g/mol. The monoisotopic (exact) mass is 287 g/mol. The molecule has 0 aromatic carbocycles. The molecule has 0 radical (unpaired) electrons. The number of carbonyl (C=O) groups excluding carboxylic acids is 3. The fraction of sp³-hybridized carbons (Fsp3) is 0.667. The van der Waals surface area contributed by atoms with E-state index in [1.165, 1.54) is 0 Å². The molecule has 8 nitrogen and oxygen atoms in total. The number of hydrogen-bond donors (Lipinski definition) is 4. The van der Waals surface area contributed by atoms with E-state index in [4.69, 9.17) is 16.6 Å². The van der Waals surface area contributed by atoms with E-state index in [0.29, 0.717) is 0 Å². The van der Waals surface area contributed by atoms with Crippen LogP contribution in [-0.2, 0) is 19.2 Å². The van der Waals surface area contributed by atoms with E-state index in [2.05, 4.69) is 5.32 Å². The maximum absolute atomic E-state index is 11.6. The van der Waals surface area contributed by atoms with Crippen molar-refractivity contribution >= 4 is 23.7 Å². The van der Waals surface area contributed by atoms with E-state index < -0.39 is 29.2 Å². The van der Waals surface area contributed by atoms with Gasteiger partial charge in [0.05, 0.1) is 6.42 Å². The van der Waals surface area contributed by atoms with E-state index in [-0.39, 0.29) is 38.5 Å². The average Bonchev–Trinajstić information content (AvgIpc) is 2.32. The molecule has 0 rings (SSSR count). The number of aliphatic carboxylic acids is 1.